The molecule has 2 amide bonds. The Labute approximate surface area is 116 Å². The van der Waals surface area contributed by atoms with Gasteiger partial charge >= 0.3 is 0 Å². The molecule has 1 aliphatic heterocycles. The van der Waals surface area contributed by atoms with Crippen molar-refractivity contribution in [1.82, 2.24) is 10.2 Å². The van der Waals surface area contributed by atoms with Crippen molar-refractivity contribution < 1.29 is 9.59 Å². The molecule has 0 aromatic heterocycles. The molecule has 2 unspecified atom stereocenters. The fourth-order valence-corrected chi connectivity index (χ4v) is 2.62. The number of amides is 2. The monoisotopic (exact) mass is 268 g/mol. The van der Waals surface area contributed by atoms with Crippen LogP contribution in [0.5, 0.6) is 0 Å². The molecule has 0 radical (unpaired) electrons. The number of unbranched alkanes of at least 4 members (excludes halogenated alkanes) is 2. The van der Waals surface area contributed by atoms with Crippen molar-refractivity contribution >= 4 is 11.8 Å². The van der Waals surface area contributed by atoms with Gasteiger partial charge in [-0.15, -0.1) is 0 Å². The van der Waals surface area contributed by atoms with E-state index in [1.807, 2.05) is 11.8 Å². The molecule has 1 rings (SSSR count). The molecule has 2 atom stereocenters. The first-order chi connectivity index (χ1) is 8.85. The van der Waals surface area contributed by atoms with Crippen LogP contribution in [0.25, 0.3) is 0 Å². The topological polar surface area (TPSA) is 49.4 Å². The minimum atomic E-state index is -0.771. The van der Waals surface area contributed by atoms with Crippen LogP contribution in [-0.4, -0.2) is 34.8 Å². The number of nitrogens with one attached hydrogen (secondary N) is 1. The lowest BCUT2D eigenvalue weighted by Gasteiger charge is -2.45. The highest BCUT2D eigenvalue weighted by atomic mass is 16.2. The Bertz CT molecular complexity index is 339. The zero-order chi connectivity index (χ0) is 14.6. The van der Waals surface area contributed by atoms with Crippen LogP contribution < -0.4 is 5.32 Å². The molecule has 1 N–H and O–H groups in total. The van der Waals surface area contributed by atoms with Crippen LogP contribution in [0.1, 0.15) is 60.3 Å². The van der Waals surface area contributed by atoms with Gasteiger partial charge in [0.05, 0.1) is 0 Å². The molecule has 0 spiro atoms. The van der Waals surface area contributed by atoms with Crippen molar-refractivity contribution in [2.24, 2.45) is 5.92 Å². The third-order valence-corrected chi connectivity index (χ3v) is 4.02. The Morgan fingerprint density at radius 2 is 1.89 bits per heavy atom. The number of nitrogens with zero attached hydrogens (tertiary/aromatic N) is 1. The van der Waals surface area contributed by atoms with Crippen molar-refractivity contribution in [2.45, 2.75) is 71.9 Å². The summed E-state index contributed by atoms with van der Waals surface area (Å²) in [6, 6.07) is -0.303. The molecular formula is C15H28N2O2. The number of rotatable bonds is 6. The van der Waals surface area contributed by atoms with E-state index in [2.05, 4.69) is 19.2 Å². The van der Waals surface area contributed by atoms with Gasteiger partial charge in [-0.3, -0.25) is 9.59 Å². The molecular weight excluding hydrogens is 240 g/mol. The summed E-state index contributed by atoms with van der Waals surface area (Å²) in [7, 11) is 0. The molecule has 1 heterocycles. The van der Waals surface area contributed by atoms with Crippen LogP contribution in [0, 0.1) is 5.92 Å². The molecule has 1 saturated heterocycles. The van der Waals surface area contributed by atoms with Crippen LogP contribution in [0.2, 0.25) is 0 Å². The summed E-state index contributed by atoms with van der Waals surface area (Å²) in [6.45, 7) is 10.5. The van der Waals surface area contributed by atoms with E-state index in [1.54, 1.807) is 13.8 Å². The molecule has 0 saturated carbocycles. The lowest BCUT2D eigenvalue weighted by atomic mass is 9.89. The molecule has 4 heteroatoms. The summed E-state index contributed by atoms with van der Waals surface area (Å²) in [5.41, 5.74) is -0.771. The van der Waals surface area contributed by atoms with Crippen molar-refractivity contribution in [3.63, 3.8) is 0 Å². The first-order valence-electron chi connectivity index (χ1n) is 7.48. The maximum Gasteiger partial charge on any atom is 0.248 e. The Morgan fingerprint density at radius 3 is 2.42 bits per heavy atom. The number of hydrogen-bond acceptors (Lipinski definition) is 2. The summed E-state index contributed by atoms with van der Waals surface area (Å²) < 4.78 is 0. The van der Waals surface area contributed by atoms with Crippen LogP contribution >= 0.6 is 0 Å². The van der Waals surface area contributed by atoms with Gasteiger partial charge in [-0.1, -0.05) is 40.0 Å². The average molecular weight is 268 g/mol. The maximum absolute atomic E-state index is 12.5. The van der Waals surface area contributed by atoms with Crippen molar-refractivity contribution in [1.29, 1.82) is 0 Å². The van der Waals surface area contributed by atoms with E-state index in [4.69, 9.17) is 0 Å². The molecule has 110 valence electrons. The van der Waals surface area contributed by atoms with Gasteiger partial charge in [0, 0.05) is 6.54 Å². The number of carbonyl (C=O) groups is 2. The van der Waals surface area contributed by atoms with Gasteiger partial charge in [0.15, 0.2) is 0 Å². The van der Waals surface area contributed by atoms with E-state index < -0.39 is 5.54 Å². The standard InChI is InChI=1S/C15H28N2O2/c1-6-8-9-10-17-12(11(3)7-2)13(18)16-15(4,5)14(17)19/h11-12H,6-10H2,1-5H3,(H,16,18). The second kappa shape index (κ2) is 6.40. The number of hydrogen-bond donors (Lipinski definition) is 1. The molecule has 4 nitrogen and oxygen atoms in total. The van der Waals surface area contributed by atoms with Gasteiger partial charge in [0.2, 0.25) is 11.8 Å². The van der Waals surface area contributed by atoms with Gasteiger partial charge in [-0.25, -0.2) is 0 Å². The maximum atomic E-state index is 12.5. The van der Waals surface area contributed by atoms with Crippen LogP contribution in [0.4, 0.5) is 0 Å². The normalized spacial score (nSPS) is 24.3. The Balaban J connectivity index is 2.91. The second-order valence-corrected chi connectivity index (χ2v) is 6.15. The van der Waals surface area contributed by atoms with E-state index in [0.29, 0.717) is 6.54 Å². The summed E-state index contributed by atoms with van der Waals surface area (Å²) in [6.07, 6.45) is 4.08. The lowest BCUT2D eigenvalue weighted by Crippen LogP contribution is -2.69. The minimum absolute atomic E-state index is 0.00421. The molecule has 1 aliphatic rings. The van der Waals surface area contributed by atoms with Gasteiger partial charge in [0.1, 0.15) is 11.6 Å². The highest BCUT2D eigenvalue weighted by Crippen LogP contribution is 2.24. The van der Waals surface area contributed by atoms with E-state index in [-0.39, 0.29) is 23.8 Å². The molecule has 0 aromatic rings. The lowest BCUT2D eigenvalue weighted by molar-refractivity contribution is -0.155. The molecule has 19 heavy (non-hydrogen) atoms. The highest BCUT2D eigenvalue weighted by molar-refractivity contribution is 5.99. The second-order valence-electron chi connectivity index (χ2n) is 6.15. The first-order valence-corrected chi connectivity index (χ1v) is 7.48. The third-order valence-electron chi connectivity index (χ3n) is 4.02. The van der Waals surface area contributed by atoms with E-state index in [9.17, 15) is 9.59 Å². The van der Waals surface area contributed by atoms with Gasteiger partial charge in [-0.2, -0.15) is 0 Å². The number of piperazine rings is 1. The minimum Gasteiger partial charge on any atom is -0.340 e. The highest BCUT2D eigenvalue weighted by Gasteiger charge is 2.46. The predicted octanol–water partition coefficient (Wildman–Crippen LogP) is 2.33. The fourth-order valence-electron chi connectivity index (χ4n) is 2.62. The predicted molar refractivity (Wildman–Crippen MR) is 76.7 cm³/mol. The largest absolute Gasteiger partial charge is 0.340 e. The smallest absolute Gasteiger partial charge is 0.248 e. The van der Waals surface area contributed by atoms with Crippen LogP contribution in [0.15, 0.2) is 0 Å². The Morgan fingerprint density at radius 1 is 1.26 bits per heavy atom. The van der Waals surface area contributed by atoms with Gasteiger partial charge in [0.25, 0.3) is 0 Å². The van der Waals surface area contributed by atoms with Crippen LogP contribution in [-0.2, 0) is 9.59 Å². The quantitative estimate of drug-likeness (QED) is 0.752. The van der Waals surface area contributed by atoms with Crippen LogP contribution in [0.3, 0.4) is 0 Å². The van der Waals surface area contributed by atoms with E-state index in [1.165, 1.54) is 0 Å². The molecule has 1 fully saturated rings. The van der Waals surface area contributed by atoms with Gasteiger partial charge < -0.3 is 10.2 Å². The first kappa shape index (κ1) is 16.0. The van der Waals surface area contributed by atoms with Crippen molar-refractivity contribution in [2.75, 3.05) is 6.54 Å². The summed E-state index contributed by atoms with van der Waals surface area (Å²) in [5, 5.41) is 2.86. The summed E-state index contributed by atoms with van der Waals surface area (Å²) in [5.74, 6) is 0.241. The average Bonchev–Trinajstić information content (AvgIpc) is 2.34. The van der Waals surface area contributed by atoms with E-state index >= 15 is 0 Å². The molecule has 0 bridgehead atoms. The van der Waals surface area contributed by atoms with Crippen molar-refractivity contribution in [3.8, 4) is 0 Å². The summed E-state index contributed by atoms with van der Waals surface area (Å²) >= 11 is 0. The van der Waals surface area contributed by atoms with E-state index in [0.717, 1.165) is 25.7 Å². The SMILES string of the molecule is CCCCCN1C(=O)C(C)(C)NC(=O)C1C(C)CC. The van der Waals surface area contributed by atoms with Gasteiger partial charge in [-0.05, 0) is 26.2 Å². The Hall–Kier alpha value is -1.06. The molecule has 0 aliphatic carbocycles. The zero-order valence-corrected chi connectivity index (χ0v) is 13.0. The number of carbonyl (C=O) groups excluding carboxylic acids is 2. The summed E-state index contributed by atoms with van der Waals surface area (Å²) in [4.78, 5) is 26.6. The third kappa shape index (κ3) is 3.48. The molecule has 0 aromatic carbocycles. The Kier molecular flexibility index (Phi) is 5.39. The fraction of sp³-hybridized carbons (Fsp3) is 0.867. The van der Waals surface area contributed by atoms with Crippen molar-refractivity contribution in [3.05, 3.63) is 0 Å². The zero-order valence-electron chi connectivity index (χ0n) is 13.0.